The van der Waals surface area contributed by atoms with Crippen molar-refractivity contribution < 1.29 is 14.0 Å². The minimum atomic E-state index is -0.559. The van der Waals surface area contributed by atoms with Gasteiger partial charge in [0.1, 0.15) is 5.82 Å². The van der Waals surface area contributed by atoms with Crippen LogP contribution in [0, 0.1) is 11.7 Å². The number of thiophene rings is 1. The van der Waals surface area contributed by atoms with Gasteiger partial charge in [-0.05, 0) is 43.2 Å². The average molecular weight is 339 g/mol. The van der Waals surface area contributed by atoms with Crippen molar-refractivity contribution in [1.29, 1.82) is 0 Å². The van der Waals surface area contributed by atoms with Gasteiger partial charge in [-0.3, -0.25) is 9.59 Å². The van der Waals surface area contributed by atoms with Crippen LogP contribution in [0.25, 0.3) is 0 Å². The molecule has 0 spiro atoms. The molecule has 1 aromatic carbocycles. The summed E-state index contributed by atoms with van der Waals surface area (Å²) in [4.78, 5) is 24.1. The van der Waals surface area contributed by atoms with Gasteiger partial charge in [0.2, 0.25) is 5.91 Å². The van der Waals surface area contributed by atoms with E-state index in [4.69, 9.17) is 11.6 Å². The normalized spacial score (nSPS) is 13.7. The fraction of sp³-hybridized carbons (Fsp3) is 0.200. The third-order valence-corrected chi connectivity index (χ3v) is 4.44. The third-order valence-electron chi connectivity index (χ3n) is 3.20. The predicted octanol–water partition coefficient (Wildman–Crippen LogP) is 4.14. The molecule has 2 aromatic rings. The summed E-state index contributed by atoms with van der Waals surface area (Å²) in [5, 5.41) is 6.18. The van der Waals surface area contributed by atoms with E-state index in [1.54, 1.807) is 12.1 Å². The highest BCUT2D eigenvalue weighted by molar-refractivity contribution is 7.18. The Kier molecular flexibility index (Phi) is 4.13. The maximum absolute atomic E-state index is 13.6. The number of halogens is 2. The van der Waals surface area contributed by atoms with Gasteiger partial charge in [-0.2, -0.15) is 0 Å². The molecule has 0 aliphatic heterocycles. The molecule has 2 N–H and O–H groups in total. The zero-order chi connectivity index (χ0) is 15.7. The van der Waals surface area contributed by atoms with Crippen LogP contribution < -0.4 is 10.6 Å². The van der Waals surface area contributed by atoms with E-state index in [9.17, 15) is 14.0 Å². The molecule has 2 amide bonds. The van der Waals surface area contributed by atoms with Gasteiger partial charge < -0.3 is 10.6 Å². The second-order valence-corrected chi connectivity index (χ2v) is 6.53. The van der Waals surface area contributed by atoms with Crippen molar-refractivity contribution in [2.75, 3.05) is 10.6 Å². The van der Waals surface area contributed by atoms with Gasteiger partial charge in [-0.1, -0.05) is 11.6 Å². The van der Waals surface area contributed by atoms with Crippen LogP contribution in [-0.2, 0) is 4.79 Å². The van der Waals surface area contributed by atoms with Crippen molar-refractivity contribution >= 4 is 45.4 Å². The molecule has 0 atom stereocenters. The number of hydrogen-bond acceptors (Lipinski definition) is 3. The largest absolute Gasteiger partial charge is 0.319 e. The van der Waals surface area contributed by atoms with Gasteiger partial charge in [-0.15, -0.1) is 11.3 Å². The molecule has 22 heavy (non-hydrogen) atoms. The highest BCUT2D eigenvalue weighted by atomic mass is 35.5. The molecule has 114 valence electrons. The Morgan fingerprint density at radius 3 is 2.68 bits per heavy atom. The van der Waals surface area contributed by atoms with E-state index in [1.807, 2.05) is 0 Å². The first-order chi connectivity index (χ1) is 10.5. The minimum absolute atomic E-state index is 0.0188. The lowest BCUT2D eigenvalue weighted by molar-refractivity contribution is -0.117. The van der Waals surface area contributed by atoms with Crippen molar-refractivity contribution in [3.05, 3.63) is 46.0 Å². The molecule has 4 nitrogen and oxygen atoms in total. The van der Waals surface area contributed by atoms with Gasteiger partial charge in [0.25, 0.3) is 5.91 Å². The molecule has 0 bridgehead atoms. The second kappa shape index (κ2) is 6.06. The van der Waals surface area contributed by atoms with Gasteiger partial charge in [0, 0.05) is 10.9 Å². The first-order valence-electron chi connectivity index (χ1n) is 6.70. The highest BCUT2D eigenvalue weighted by Gasteiger charge is 2.29. The maximum atomic E-state index is 13.6. The van der Waals surface area contributed by atoms with Gasteiger partial charge in [-0.25, -0.2) is 4.39 Å². The summed E-state index contributed by atoms with van der Waals surface area (Å²) in [5.41, 5.74) is 0.0227. The van der Waals surface area contributed by atoms with Gasteiger partial charge in [0.15, 0.2) is 0 Å². The van der Waals surface area contributed by atoms with E-state index in [0.29, 0.717) is 14.9 Å². The van der Waals surface area contributed by atoms with Crippen molar-refractivity contribution in [3.8, 4) is 0 Å². The molecule has 1 saturated carbocycles. The molecular weight excluding hydrogens is 327 g/mol. The Morgan fingerprint density at radius 2 is 1.95 bits per heavy atom. The van der Waals surface area contributed by atoms with Crippen LogP contribution in [0.2, 0.25) is 5.02 Å². The Morgan fingerprint density at radius 1 is 1.18 bits per heavy atom. The Balaban J connectivity index is 1.68. The number of carbonyl (C=O) groups excluding carboxylic acids is 2. The van der Waals surface area contributed by atoms with E-state index < -0.39 is 11.7 Å². The molecular formula is C15H12ClFN2O2S. The zero-order valence-corrected chi connectivity index (χ0v) is 12.9. The number of amides is 2. The van der Waals surface area contributed by atoms with Crippen LogP contribution >= 0.6 is 22.9 Å². The summed E-state index contributed by atoms with van der Waals surface area (Å²) in [6.45, 7) is 0. The van der Waals surface area contributed by atoms with Crippen LogP contribution in [0.4, 0.5) is 15.1 Å². The average Bonchev–Trinajstić information content (AvgIpc) is 3.23. The third kappa shape index (κ3) is 3.45. The standard InChI is InChI=1S/C15H12ClFN2O2S/c16-9-3-4-10(17)11(7-9)18-15(21)12-5-6-13(22-12)19-14(20)8-1-2-8/h3-8H,1-2H2,(H,18,21)(H,19,20). The molecule has 1 heterocycles. The van der Waals surface area contributed by atoms with E-state index in [1.165, 1.54) is 18.2 Å². The predicted molar refractivity (Wildman–Crippen MR) is 85.0 cm³/mol. The summed E-state index contributed by atoms with van der Waals surface area (Å²) in [5.74, 6) is -0.927. The van der Waals surface area contributed by atoms with Crippen molar-refractivity contribution in [2.24, 2.45) is 5.92 Å². The van der Waals surface area contributed by atoms with Crippen LogP contribution in [0.5, 0.6) is 0 Å². The molecule has 7 heteroatoms. The SMILES string of the molecule is O=C(Nc1cc(Cl)ccc1F)c1ccc(NC(=O)C2CC2)s1. The lowest BCUT2D eigenvalue weighted by atomic mass is 10.3. The first kappa shape index (κ1) is 15.0. The van der Waals surface area contributed by atoms with E-state index in [2.05, 4.69) is 10.6 Å². The van der Waals surface area contributed by atoms with Crippen LogP contribution in [0.15, 0.2) is 30.3 Å². The van der Waals surface area contributed by atoms with Crippen molar-refractivity contribution in [3.63, 3.8) is 0 Å². The van der Waals surface area contributed by atoms with Crippen LogP contribution in [0.1, 0.15) is 22.5 Å². The van der Waals surface area contributed by atoms with Gasteiger partial charge in [0.05, 0.1) is 15.6 Å². The summed E-state index contributed by atoms with van der Waals surface area (Å²) in [6, 6.07) is 7.19. The summed E-state index contributed by atoms with van der Waals surface area (Å²) < 4.78 is 13.6. The molecule has 0 radical (unpaired) electrons. The lowest BCUT2D eigenvalue weighted by Crippen LogP contribution is -2.12. The maximum Gasteiger partial charge on any atom is 0.265 e. The summed E-state index contributed by atoms with van der Waals surface area (Å²) in [7, 11) is 0. The van der Waals surface area contributed by atoms with E-state index in [0.717, 1.165) is 24.2 Å². The van der Waals surface area contributed by atoms with E-state index >= 15 is 0 Å². The number of carbonyl (C=O) groups is 2. The molecule has 1 fully saturated rings. The Hall–Kier alpha value is -1.92. The number of benzene rings is 1. The van der Waals surface area contributed by atoms with Crippen LogP contribution in [-0.4, -0.2) is 11.8 Å². The Labute approximate surface area is 135 Å². The second-order valence-electron chi connectivity index (χ2n) is 5.01. The molecule has 0 saturated heterocycles. The molecule has 1 aliphatic rings. The minimum Gasteiger partial charge on any atom is -0.319 e. The molecule has 0 unspecified atom stereocenters. The fourth-order valence-corrected chi connectivity index (χ4v) is 2.85. The van der Waals surface area contributed by atoms with Crippen LogP contribution in [0.3, 0.4) is 0 Å². The van der Waals surface area contributed by atoms with Crippen molar-refractivity contribution in [2.45, 2.75) is 12.8 Å². The number of nitrogens with one attached hydrogen (secondary N) is 2. The number of rotatable bonds is 4. The summed E-state index contributed by atoms with van der Waals surface area (Å²) >= 11 is 6.92. The summed E-state index contributed by atoms with van der Waals surface area (Å²) in [6.07, 6.45) is 1.83. The smallest absolute Gasteiger partial charge is 0.265 e. The first-order valence-corrected chi connectivity index (χ1v) is 7.89. The number of hydrogen-bond donors (Lipinski definition) is 2. The quantitative estimate of drug-likeness (QED) is 0.880. The zero-order valence-electron chi connectivity index (χ0n) is 11.4. The molecule has 3 rings (SSSR count). The monoisotopic (exact) mass is 338 g/mol. The molecule has 1 aliphatic carbocycles. The molecule has 1 aromatic heterocycles. The number of anilines is 2. The Bertz CT molecular complexity index is 743. The lowest BCUT2D eigenvalue weighted by Gasteiger charge is -2.05. The highest BCUT2D eigenvalue weighted by Crippen LogP contribution is 2.32. The van der Waals surface area contributed by atoms with Gasteiger partial charge >= 0.3 is 0 Å². The topological polar surface area (TPSA) is 58.2 Å². The van der Waals surface area contributed by atoms with E-state index in [-0.39, 0.29) is 17.5 Å². The van der Waals surface area contributed by atoms with Crippen molar-refractivity contribution in [1.82, 2.24) is 0 Å². The fourth-order valence-electron chi connectivity index (χ4n) is 1.87.